The van der Waals surface area contributed by atoms with Crippen molar-refractivity contribution >= 4 is 0 Å². The molecule has 1 aromatic carbocycles. The molecule has 0 aliphatic rings. The highest BCUT2D eigenvalue weighted by Gasteiger charge is 2.25. The number of hydrogen-bond donors (Lipinski definition) is 0. The van der Waals surface area contributed by atoms with Crippen molar-refractivity contribution < 1.29 is 0 Å². The summed E-state index contributed by atoms with van der Waals surface area (Å²) in [5.74, 6) is 2.33. The van der Waals surface area contributed by atoms with Crippen molar-refractivity contribution in [1.82, 2.24) is 24.7 Å². The van der Waals surface area contributed by atoms with Crippen LogP contribution in [-0.2, 0) is 10.8 Å². The first kappa shape index (κ1) is 17.3. The average molecular weight is 335 g/mol. The highest BCUT2D eigenvalue weighted by atomic mass is 15.3. The van der Waals surface area contributed by atoms with Gasteiger partial charge in [-0.15, -0.1) is 0 Å². The van der Waals surface area contributed by atoms with Crippen LogP contribution < -0.4 is 0 Å². The first-order chi connectivity index (χ1) is 11.6. The lowest BCUT2D eigenvalue weighted by Gasteiger charge is -2.22. The van der Waals surface area contributed by atoms with E-state index in [0.29, 0.717) is 5.82 Å². The molecule has 0 fully saturated rings. The van der Waals surface area contributed by atoms with Gasteiger partial charge < -0.3 is 0 Å². The van der Waals surface area contributed by atoms with E-state index in [9.17, 15) is 0 Å². The lowest BCUT2D eigenvalue weighted by Crippen LogP contribution is -2.24. The zero-order chi connectivity index (χ0) is 18.2. The van der Waals surface area contributed by atoms with Gasteiger partial charge in [0.15, 0.2) is 5.82 Å². The summed E-state index contributed by atoms with van der Waals surface area (Å²) < 4.78 is 1.83. The van der Waals surface area contributed by atoms with Gasteiger partial charge in [0.1, 0.15) is 11.6 Å². The van der Waals surface area contributed by atoms with E-state index >= 15 is 0 Å². The largest absolute Gasteiger partial charge is 0.241 e. The van der Waals surface area contributed by atoms with Crippen LogP contribution in [0.4, 0.5) is 0 Å². The number of rotatable bonds is 2. The third kappa shape index (κ3) is 3.76. The molecule has 2 heterocycles. The predicted molar refractivity (Wildman–Crippen MR) is 99.8 cm³/mol. The Morgan fingerprint density at radius 2 is 1.44 bits per heavy atom. The van der Waals surface area contributed by atoms with E-state index in [0.717, 1.165) is 22.9 Å². The molecule has 0 N–H and O–H groups in total. The Morgan fingerprint density at radius 1 is 0.800 bits per heavy atom. The molecule has 3 rings (SSSR count). The van der Waals surface area contributed by atoms with Gasteiger partial charge in [-0.3, -0.25) is 0 Å². The van der Waals surface area contributed by atoms with Crippen LogP contribution in [-0.4, -0.2) is 24.7 Å². The summed E-state index contributed by atoms with van der Waals surface area (Å²) in [5, 5.41) is 4.30. The molecule has 0 saturated carbocycles. The predicted octanol–water partition coefficient (Wildman–Crippen LogP) is 4.32. The Kier molecular flexibility index (Phi) is 4.19. The summed E-state index contributed by atoms with van der Waals surface area (Å²) >= 11 is 0. The average Bonchev–Trinajstić information content (AvgIpc) is 3.07. The van der Waals surface area contributed by atoms with E-state index < -0.39 is 0 Å². The maximum absolute atomic E-state index is 4.76. The van der Waals surface area contributed by atoms with Gasteiger partial charge in [-0.25, -0.2) is 19.6 Å². The van der Waals surface area contributed by atoms with Crippen molar-refractivity contribution in [2.75, 3.05) is 0 Å². The van der Waals surface area contributed by atoms with Crippen molar-refractivity contribution in [2.24, 2.45) is 0 Å². The molecule has 3 aromatic rings. The normalized spacial score (nSPS) is 12.4. The molecule has 2 aromatic heterocycles. The van der Waals surface area contributed by atoms with Gasteiger partial charge in [0.05, 0.1) is 5.69 Å². The van der Waals surface area contributed by atoms with Gasteiger partial charge in [-0.1, -0.05) is 53.7 Å². The second kappa shape index (κ2) is 6.06. The summed E-state index contributed by atoms with van der Waals surface area (Å²) in [6.45, 7) is 12.7. The first-order valence-electron chi connectivity index (χ1n) is 8.52. The summed E-state index contributed by atoms with van der Waals surface area (Å²) in [6, 6.07) is 10.0. The van der Waals surface area contributed by atoms with Gasteiger partial charge in [0.25, 0.3) is 0 Å². The SMILES string of the molecule is CC(C)(C)c1nc(-c2cccc(-n3cccn3)c2)nc(C(C)(C)C)n1. The third-order valence-electron chi connectivity index (χ3n) is 3.85. The van der Waals surface area contributed by atoms with Crippen LogP contribution in [0.5, 0.6) is 0 Å². The van der Waals surface area contributed by atoms with Crippen LogP contribution in [0.2, 0.25) is 0 Å². The zero-order valence-corrected chi connectivity index (χ0v) is 15.8. The second-order valence-corrected chi connectivity index (χ2v) is 8.31. The van der Waals surface area contributed by atoms with Gasteiger partial charge in [0.2, 0.25) is 0 Å². The number of benzene rings is 1. The maximum Gasteiger partial charge on any atom is 0.163 e. The van der Waals surface area contributed by atoms with Crippen molar-refractivity contribution in [3.05, 3.63) is 54.4 Å². The molecule has 0 bridgehead atoms. The lowest BCUT2D eigenvalue weighted by molar-refractivity contribution is 0.497. The highest BCUT2D eigenvalue weighted by Crippen LogP contribution is 2.27. The fourth-order valence-electron chi connectivity index (χ4n) is 2.38. The second-order valence-electron chi connectivity index (χ2n) is 8.31. The Balaban J connectivity index is 2.15. The van der Waals surface area contributed by atoms with Gasteiger partial charge in [0, 0.05) is 28.8 Å². The molecular weight excluding hydrogens is 310 g/mol. The van der Waals surface area contributed by atoms with Crippen LogP contribution in [0, 0.1) is 0 Å². The van der Waals surface area contributed by atoms with Crippen molar-refractivity contribution in [3.63, 3.8) is 0 Å². The number of nitrogens with zero attached hydrogens (tertiary/aromatic N) is 5. The van der Waals surface area contributed by atoms with Crippen molar-refractivity contribution in [2.45, 2.75) is 52.4 Å². The quantitative estimate of drug-likeness (QED) is 0.700. The monoisotopic (exact) mass is 335 g/mol. The molecular formula is C20H25N5. The van der Waals surface area contributed by atoms with E-state index in [1.165, 1.54) is 0 Å². The Hall–Kier alpha value is -2.56. The summed E-state index contributed by atoms with van der Waals surface area (Å²) in [7, 11) is 0. The summed E-state index contributed by atoms with van der Waals surface area (Å²) in [5.41, 5.74) is 1.66. The molecule has 0 unspecified atom stereocenters. The van der Waals surface area contributed by atoms with Crippen LogP contribution in [0.3, 0.4) is 0 Å². The topological polar surface area (TPSA) is 56.5 Å². The Bertz CT molecular complexity index is 836. The minimum absolute atomic E-state index is 0.142. The maximum atomic E-state index is 4.76. The molecule has 25 heavy (non-hydrogen) atoms. The minimum Gasteiger partial charge on any atom is -0.241 e. The standard InChI is InChI=1S/C20H25N5/c1-19(2,3)17-22-16(23-18(24-17)20(4,5)6)14-9-7-10-15(13-14)25-12-8-11-21-25/h7-13H,1-6H3. The van der Waals surface area contributed by atoms with E-state index in [1.807, 2.05) is 35.1 Å². The van der Waals surface area contributed by atoms with Crippen LogP contribution in [0.15, 0.2) is 42.7 Å². The fourth-order valence-corrected chi connectivity index (χ4v) is 2.38. The van der Waals surface area contributed by atoms with Crippen LogP contribution >= 0.6 is 0 Å². The van der Waals surface area contributed by atoms with Crippen LogP contribution in [0.1, 0.15) is 53.2 Å². The highest BCUT2D eigenvalue weighted by molar-refractivity contribution is 5.59. The van der Waals surface area contributed by atoms with Crippen molar-refractivity contribution in [3.8, 4) is 17.1 Å². The van der Waals surface area contributed by atoms with E-state index in [1.54, 1.807) is 6.20 Å². The summed E-state index contributed by atoms with van der Waals surface area (Å²) in [6.07, 6.45) is 3.69. The third-order valence-corrected chi connectivity index (χ3v) is 3.85. The summed E-state index contributed by atoms with van der Waals surface area (Å²) in [4.78, 5) is 14.3. The zero-order valence-electron chi connectivity index (χ0n) is 15.8. The molecule has 0 radical (unpaired) electrons. The van der Waals surface area contributed by atoms with Crippen molar-refractivity contribution in [1.29, 1.82) is 0 Å². The van der Waals surface area contributed by atoms with Gasteiger partial charge >= 0.3 is 0 Å². The Morgan fingerprint density at radius 3 is 1.96 bits per heavy atom. The molecule has 5 heteroatoms. The Labute approximate surface area is 149 Å². The molecule has 5 nitrogen and oxygen atoms in total. The molecule has 0 aliphatic carbocycles. The van der Waals surface area contributed by atoms with Gasteiger partial charge in [-0.05, 0) is 18.2 Å². The molecule has 0 atom stereocenters. The molecule has 130 valence electrons. The molecule has 0 aliphatic heterocycles. The number of hydrogen-bond acceptors (Lipinski definition) is 4. The minimum atomic E-state index is -0.142. The molecule has 0 saturated heterocycles. The lowest BCUT2D eigenvalue weighted by atomic mass is 9.93. The van der Waals surface area contributed by atoms with E-state index in [2.05, 4.69) is 52.7 Å². The van der Waals surface area contributed by atoms with E-state index in [-0.39, 0.29) is 10.8 Å². The molecule has 0 spiro atoms. The van der Waals surface area contributed by atoms with E-state index in [4.69, 9.17) is 15.0 Å². The number of aromatic nitrogens is 5. The smallest absolute Gasteiger partial charge is 0.163 e. The van der Waals surface area contributed by atoms with Crippen LogP contribution in [0.25, 0.3) is 17.1 Å². The fraction of sp³-hybridized carbons (Fsp3) is 0.400. The molecule has 0 amide bonds. The van der Waals surface area contributed by atoms with Gasteiger partial charge in [-0.2, -0.15) is 5.10 Å². The first-order valence-corrected chi connectivity index (χ1v) is 8.52.